The Labute approximate surface area is 166 Å². The second-order valence-corrected chi connectivity index (χ2v) is 7.43. The van der Waals surface area contributed by atoms with E-state index >= 15 is 0 Å². The van der Waals surface area contributed by atoms with Gasteiger partial charge in [0.25, 0.3) is 11.8 Å². The Balaban J connectivity index is 1.45. The standard InChI is InChI=1S/C21H19N3O3S/c1-24-17-9-5-6-10-18(17)27-12-15(21(24)26)23-20(25)16-13-28-19(22-16)11-14-7-3-2-4-8-14/h2-10,13,15H,11-12H2,1H3,(H,23,25)/t15-/m0/s1. The molecular weight excluding hydrogens is 374 g/mol. The number of anilines is 1. The Morgan fingerprint density at radius 3 is 2.79 bits per heavy atom. The summed E-state index contributed by atoms with van der Waals surface area (Å²) < 4.78 is 5.73. The molecule has 0 spiro atoms. The summed E-state index contributed by atoms with van der Waals surface area (Å²) in [5, 5.41) is 5.32. The monoisotopic (exact) mass is 393 g/mol. The van der Waals surface area contributed by atoms with E-state index in [9.17, 15) is 9.59 Å². The molecular formula is C21H19N3O3S. The van der Waals surface area contributed by atoms with Crippen LogP contribution in [0.5, 0.6) is 5.75 Å². The van der Waals surface area contributed by atoms with Gasteiger partial charge < -0.3 is 15.0 Å². The number of nitrogens with zero attached hydrogens (tertiary/aromatic N) is 2. The molecule has 1 atom stereocenters. The third-order valence-corrected chi connectivity index (χ3v) is 5.40. The molecule has 3 aromatic rings. The van der Waals surface area contributed by atoms with Crippen LogP contribution in [0.4, 0.5) is 5.69 Å². The largest absolute Gasteiger partial charge is 0.489 e. The summed E-state index contributed by atoms with van der Waals surface area (Å²) in [6.07, 6.45) is 0.669. The van der Waals surface area contributed by atoms with Gasteiger partial charge in [0.15, 0.2) is 0 Å². The summed E-state index contributed by atoms with van der Waals surface area (Å²) in [7, 11) is 1.68. The molecule has 6 nitrogen and oxygen atoms in total. The molecule has 1 N–H and O–H groups in total. The van der Waals surface area contributed by atoms with Gasteiger partial charge in [-0.15, -0.1) is 11.3 Å². The number of thiazole rings is 1. The van der Waals surface area contributed by atoms with Crippen molar-refractivity contribution in [1.29, 1.82) is 0 Å². The molecule has 142 valence electrons. The molecule has 2 aromatic carbocycles. The molecule has 0 bridgehead atoms. The van der Waals surface area contributed by atoms with Crippen LogP contribution >= 0.6 is 11.3 Å². The summed E-state index contributed by atoms with van der Waals surface area (Å²) in [6.45, 7) is 0.0763. The quantitative estimate of drug-likeness (QED) is 0.740. The highest BCUT2D eigenvalue weighted by Gasteiger charge is 2.31. The zero-order valence-electron chi connectivity index (χ0n) is 15.3. The number of fused-ring (bicyclic) bond motifs is 1. The minimum Gasteiger partial charge on any atom is -0.489 e. The van der Waals surface area contributed by atoms with Crippen molar-refractivity contribution in [2.45, 2.75) is 12.5 Å². The molecule has 7 heteroatoms. The smallest absolute Gasteiger partial charge is 0.271 e. The number of likely N-dealkylation sites (N-methyl/N-ethyl adjacent to an activating group) is 1. The Morgan fingerprint density at radius 1 is 1.21 bits per heavy atom. The van der Waals surface area contributed by atoms with Gasteiger partial charge in [-0.1, -0.05) is 42.5 Å². The summed E-state index contributed by atoms with van der Waals surface area (Å²) >= 11 is 1.43. The first kappa shape index (κ1) is 18.2. The van der Waals surface area contributed by atoms with E-state index in [0.29, 0.717) is 23.6 Å². The minimum atomic E-state index is -0.774. The summed E-state index contributed by atoms with van der Waals surface area (Å²) in [6, 6.07) is 16.5. The molecule has 0 fully saturated rings. The lowest BCUT2D eigenvalue weighted by atomic mass is 10.2. The van der Waals surface area contributed by atoms with Crippen LogP contribution in [-0.4, -0.2) is 36.5 Å². The average Bonchev–Trinajstić information content (AvgIpc) is 3.15. The molecule has 0 aliphatic carbocycles. The number of hydrogen-bond donors (Lipinski definition) is 1. The molecule has 2 heterocycles. The van der Waals surface area contributed by atoms with Crippen molar-refractivity contribution in [2.24, 2.45) is 0 Å². The zero-order chi connectivity index (χ0) is 19.5. The first-order valence-electron chi connectivity index (χ1n) is 8.90. The number of carbonyl (C=O) groups is 2. The number of benzene rings is 2. The highest BCUT2D eigenvalue weighted by molar-refractivity contribution is 7.09. The van der Waals surface area contributed by atoms with E-state index in [2.05, 4.69) is 10.3 Å². The number of ether oxygens (including phenoxy) is 1. The lowest BCUT2D eigenvalue weighted by Gasteiger charge is -2.20. The predicted octanol–water partition coefficient (Wildman–Crippen LogP) is 2.89. The van der Waals surface area contributed by atoms with Crippen LogP contribution in [0.3, 0.4) is 0 Å². The van der Waals surface area contributed by atoms with E-state index in [0.717, 1.165) is 10.6 Å². The van der Waals surface area contributed by atoms with Crippen molar-refractivity contribution < 1.29 is 14.3 Å². The second-order valence-electron chi connectivity index (χ2n) is 6.49. The number of aromatic nitrogens is 1. The molecule has 1 aromatic heterocycles. The third kappa shape index (κ3) is 3.75. The topological polar surface area (TPSA) is 71.5 Å². The van der Waals surface area contributed by atoms with Gasteiger partial charge in [-0.3, -0.25) is 9.59 Å². The lowest BCUT2D eigenvalue weighted by Crippen LogP contribution is -2.49. The summed E-state index contributed by atoms with van der Waals surface area (Å²) in [5.41, 5.74) is 2.13. The number of carbonyl (C=O) groups excluding carboxylic acids is 2. The Morgan fingerprint density at radius 2 is 1.96 bits per heavy atom. The fourth-order valence-electron chi connectivity index (χ4n) is 3.06. The molecule has 28 heavy (non-hydrogen) atoms. The van der Waals surface area contributed by atoms with Crippen molar-refractivity contribution in [3.8, 4) is 5.75 Å². The highest BCUT2D eigenvalue weighted by atomic mass is 32.1. The van der Waals surface area contributed by atoms with Gasteiger partial charge in [0.1, 0.15) is 24.1 Å². The maximum atomic E-state index is 12.7. The van der Waals surface area contributed by atoms with E-state index in [1.165, 1.54) is 16.2 Å². The summed E-state index contributed by atoms with van der Waals surface area (Å²) in [5.74, 6) is 0.0174. The molecule has 4 rings (SSSR count). The molecule has 0 unspecified atom stereocenters. The number of nitrogens with one attached hydrogen (secondary N) is 1. The van der Waals surface area contributed by atoms with Crippen LogP contribution in [-0.2, 0) is 11.2 Å². The normalized spacial score (nSPS) is 16.1. The maximum Gasteiger partial charge on any atom is 0.271 e. The lowest BCUT2D eigenvalue weighted by molar-refractivity contribution is -0.120. The van der Waals surface area contributed by atoms with Crippen LogP contribution in [0.2, 0.25) is 0 Å². The van der Waals surface area contributed by atoms with Crippen LogP contribution in [0.25, 0.3) is 0 Å². The van der Waals surface area contributed by atoms with Gasteiger partial charge >= 0.3 is 0 Å². The van der Waals surface area contributed by atoms with E-state index in [-0.39, 0.29) is 18.4 Å². The number of hydrogen-bond acceptors (Lipinski definition) is 5. The van der Waals surface area contributed by atoms with Crippen LogP contribution in [0.15, 0.2) is 60.0 Å². The Bertz CT molecular complexity index is 1000. The molecule has 1 aliphatic rings. The number of amides is 2. The second kappa shape index (κ2) is 7.82. The van der Waals surface area contributed by atoms with Crippen molar-refractivity contribution in [1.82, 2.24) is 10.3 Å². The van der Waals surface area contributed by atoms with Gasteiger partial charge in [0.2, 0.25) is 0 Å². The van der Waals surface area contributed by atoms with Crippen LogP contribution in [0, 0.1) is 0 Å². The number of para-hydroxylation sites is 2. The van der Waals surface area contributed by atoms with Crippen molar-refractivity contribution >= 4 is 28.8 Å². The molecule has 1 aliphatic heterocycles. The molecule has 0 saturated carbocycles. The first-order chi connectivity index (χ1) is 13.6. The predicted molar refractivity (Wildman–Crippen MR) is 108 cm³/mol. The molecule has 2 amide bonds. The first-order valence-corrected chi connectivity index (χ1v) is 9.78. The molecule has 0 saturated heterocycles. The van der Waals surface area contributed by atoms with Gasteiger partial charge in [-0.2, -0.15) is 0 Å². The zero-order valence-corrected chi connectivity index (χ0v) is 16.1. The highest BCUT2D eigenvalue weighted by Crippen LogP contribution is 2.29. The van der Waals surface area contributed by atoms with Crippen molar-refractivity contribution in [2.75, 3.05) is 18.6 Å². The van der Waals surface area contributed by atoms with Crippen molar-refractivity contribution in [3.05, 3.63) is 76.2 Å². The van der Waals surface area contributed by atoms with Crippen LogP contribution in [0.1, 0.15) is 21.1 Å². The minimum absolute atomic E-state index is 0.0763. The average molecular weight is 393 g/mol. The Kier molecular flexibility index (Phi) is 5.08. The SMILES string of the molecule is CN1C(=O)[C@@H](NC(=O)c2csc(Cc3ccccc3)n2)COc2ccccc21. The van der Waals surface area contributed by atoms with E-state index < -0.39 is 6.04 Å². The Hall–Kier alpha value is -3.19. The van der Waals surface area contributed by atoms with E-state index in [1.54, 1.807) is 18.5 Å². The maximum absolute atomic E-state index is 12.7. The fourth-order valence-corrected chi connectivity index (χ4v) is 3.86. The number of rotatable bonds is 4. The third-order valence-electron chi connectivity index (χ3n) is 4.55. The molecule has 0 radical (unpaired) electrons. The van der Waals surface area contributed by atoms with E-state index in [4.69, 9.17) is 4.74 Å². The fraction of sp³-hybridized carbons (Fsp3) is 0.190. The van der Waals surface area contributed by atoms with Gasteiger partial charge in [0, 0.05) is 18.8 Å². The summed E-state index contributed by atoms with van der Waals surface area (Å²) in [4.78, 5) is 31.3. The van der Waals surface area contributed by atoms with Gasteiger partial charge in [-0.25, -0.2) is 4.98 Å². The van der Waals surface area contributed by atoms with Gasteiger partial charge in [0.05, 0.1) is 10.7 Å². The van der Waals surface area contributed by atoms with Crippen LogP contribution < -0.4 is 15.0 Å². The van der Waals surface area contributed by atoms with Gasteiger partial charge in [-0.05, 0) is 17.7 Å². The van der Waals surface area contributed by atoms with Crippen molar-refractivity contribution in [3.63, 3.8) is 0 Å². The van der Waals surface area contributed by atoms with E-state index in [1.807, 2.05) is 48.5 Å².